The van der Waals surface area contributed by atoms with Crippen LogP contribution in [0, 0.1) is 0 Å². The van der Waals surface area contributed by atoms with Crippen LogP contribution >= 0.6 is 0 Å². The highest BCUT2D eigenvalue weighted by molar-refractivity contribution is 6.51. The van der Waals surface area contributed by atoms with Gasteiger partial charge in [-0.1, -0.05) is 204 Å². The summed E-state index contributed by atoms with van der Waals surface area (Å²) < 4.78 is 35.0. The van der Waals surface area contributed by atoms with Gasteiger partial charge in [-0.15, -0.1) is 0 Å². The molecule has 8 aromatic rings. The molecular formula is C58H69AlN4O7. The smallest absolute Gasteiger partial charge is 0.360 e. The quantitative estimate of drug-likeness (QED) is 0.0624. The van der Waals surface area contributed by atoms with Crippen LogP contribution in [0.25, 0.3) is 44.5 Å². The number of benzene rings is 6. The van der Waals surface area contributed by atoms with Crippen LogP contribution in [-0.2, 0) is 40.0 Å². The SMILES string of the molecule is C.CCCc1cc2c(-c3ccccc3)noc2c(CCC)c1OC(C(=O)OC)c1ccccc1.CCCc1cc2c(-c3ccccc3)noc2c(CCC)c1OC(C(N)=O)c1ccccc1.[CH3][Al]([CH3])[NH2]. The zero-order valence-electron chi connectivity index (χ0n) is 41.0. The predicted octanol–water partition coefficient (Wildman–Crippen LogP) is 13.5. The Morgan fingerprint density at radius 3 is 1.26 bits per heavy atom. The fourth-order valence-electron chi connectivity index (χ4n) is 8.28. The van der Waals surface area contributed by atoms with Gasteiger partial charge in [0.1, 0.15) is 22.9 Å². The summed E-state index contributed by atoms with van der Waals surface area (Å²) in [6, 6.07) is 43.1. The van der Waals surface area contributed by atoms with Crippen molar-refractivity contribution in [1.29, 1.82) is 0 Å². The van der Waals surface area contributed by atoms with Crippen molar-refractivity contribution in [2.75, 3.05) is 7.11 Å². The Morgan fingerprint density at radius 1 is 0.571 bits per heavy atom. The Kier molecular flexibility index (Phi) is 20.8. The molecular weight excluding hydrogens is 892 g/mol. The van der Waals surface area contributed by atoms with E-state index in [1.807, 2.05) is 121 Å². The van der Waals surface area contributed by atoms with Crippen molar-refractivity contribution in [1.82, 2.24) is 10.3 Å². The zero-order chi connectivity index (χ0) is 49.3. The van der Waals surface area contributed by atoms with Gasteiger partial charge < -0.3 is 33.7 Å². The van der Waals surface area contributed by atoms with Gasteiger partial charge in [0.15, 0.2) is 11.2 Å². The molecule has 1 amide bonds. The monoisotopic (exact) mass is 960 g/mol. The Hall–Kier alpha value is -6.71. The normalized spacial score (nSPS) is 11.5. The number of methoxy groups -OCH3 is 1. The van der Waals surface area contributed by atoms with E-state index in [-0.39, 0.29) is 7.43 Å². The number of nitrogens with two attached hydrogens (primary N) is 2. The summed E-state index contributed by atoms with van der Waals surface area (Å²) in [5.74, 6) is 4.59. The number of carbonyl (C=O) groups is 2. The second kappa shape index (κ2) is 26.9. The molecule has 0 radical (unpaired) electrons. The van der Waals surface area contributed by atoms with E-state index in [2.05, 4.69) is 61.7 Å². The third kappa shape index (κ3) is 13.3. The second-order valence-electron chi connectivity index (χ2n) is 17.2. The van der Waals surface area contributed by atoms with E-state index in [0.29, 0.717) is 22.7 Å². The zero-order valence-corrected chi connectivity index (χ0v) is 42.2. The molecule has 6 aromatic carbocycles. The number of ether oxygens (including phenoxy) is 3. The van der Waals surface area contributed by atoms with E-state index in [0.717, 1.165) is 118 Å². The van der Waals surface area contributed by atoms with Gasteiger partial charge in [0.05, 0.1) is 17.9 Å². The van der Waals surface area contributed by atoms with Gasteiger partial charge in [-0.25, -0.2) is 4.79 Å². The molecule has 0 bridgehead atoms. The molecule has 11 nitrogen and oxygen atoms in total. The Labute approximate surface area is 418 Å². The molecule has 2 atom stereocenters. The molecule has 2 unspecified atom stereocenters. The summed E-state index contributed by atoms with van der Waals surface area (Å²) in [5, 5.41) is 10.7. The van der Waals surface area contributed by atoms with Crippen molar-refractivity contribution < 1.29 is 32.8 Å². The first-order chi connectivity index (χ1) is 33.5. The van der Waals surface area contributed by atoms with Crippen LogP contribution in [0.3, 0.4) is 0 Å². The first-order valence-electron chi connectivity index (χ1n) is 24.1. The molecule has 0 spiro atoms. The molecule has 0 aliphatic heterocycles. The molecule has 0 fully saturated rings. The third-order valence-electron chi connectivity index (χ3n) is 11.3. The van der Waals surface area contributed by atoms with Gasteiger partial charge in [0.2, 0.25) is 12.2 Å². The summed E-state index contributed by atoms with van der Waals surface area (Å²) in [7, 11) is 1.38. The average molecular weight is 961 g/mol. The van der Waals surface area contributed by atoms with Gasteiger partial charge in [0.25, 0.3) is 5.91 Å². The van der Waals surface area contributed by atoms with Crippen LogP contribution < -0.4 is 19.9 Å². The predicted molar refractivity (Wildman–Crippen MR) is 284 cm³/mol. The minimum Gasteiger partial charge on any atom is -0.475 e. The maximum absolute atomic E-state index is 12.7. The molecule has 0 saturated carbocycles. The number of esters is 1. The number of primary amides is 1. The summed E-state index contributed by atoms with van der Waals surface area (Å²) in [4.78, 5) is 25.1. The number of aryl methyl sites for hydroxylation is 4. The van der Waals surface area contributed by atoms with Gasteiger partial charge >= 0.3 is 20.3 Å². The molecule has 366 valence electrons. The van der Waals surface area contributed by atoms with Crippen LogP contribution in [-0.4, -0.2) is 43.7 Å². The van der Waals surface area contributed by atoms with E-state index >= 15 is 0 Å². The highest BCUT2D eigenvalue weighted by Crippen LogP contribution is 2.42. The first-order valence-corrected chi connectivity index (χ1v) is 27.1. The van der Waals surface area contributed by atoms with Crippen molar-refractivity contribution in [3.63, 3.8) is 0 Å². The fraction of sp³-hybridized carbons (Fsp3) is 0.310. The van der Waals surface area contributed by atoms with E-state index < -0.39 is 38.5 Å². The molecule has 8 rings (SSSR count). The van der Waals surface area contributed by atoms with E-state index in [1.54, 1.807) is 0 Å². The van der Waals surface area contributed by atoms with Crippen LogP contribution in [0.1, 0.15) is 106 Å². The largest absolute Gasteiger partial charge is 0.475 e. The lowest BCUT2D eigenvalue weighted by Gasteiger charge is -2.22. The molecule has 0 saturated heterocycles. The topological polar surface area (TPSA) is 166 Å². The molecule has 0 aliphatic carbocycles. The van der Waals surface area contributed by atoms with Crippen molar-refractivity contribution in [3.05, 3.63) is 167 Å². The molecule has 0 aliphatic rings. The Bertz CT molecular complexity index is 2870. The van der Waals surface area contributed by atoms with Crippen LogP contribution in [0.4, 0.5) is 0 Å². The Morgan fingerprint density at radius 2 is 0.914 bits per heavy atom. The Balaban J connectivity index is 0.000000239. The molecule has 2 aromatic heterocycles. The van der Waals surface area contributed by atoms with Crippen LogP contribution in [0.15, 0.2) is 143 Å². The summed E-state index contributed by atoms with van der Waals surface area (Å²) >= 11 is -0.639. The number of hydrogen-bond donors (Lipinski definition) is 2. The highest BCUT2D eigenvalue weighted by Gasteiger charge is 2.29. The fourth-order valence-corrected chi connectivity index (χ4v) is 8.28. The van der Waals surface area contributed by atoms with Gasteiger partial charge in [-0.05, 0) is 48.9 Å². The lowest BCUT2D eigenvalue weighted by atomic mass is 9.96. The molecule has 4 N–H and O–H groups in total. The number of nitrogens with zero attached hydrogens (tertiary/aromatic N) is 2. The molecule has 2 heterocycles. The maximum Gasteiger partial charge on any atom is 0.360 e. The lowest BCUT2D eigenvalue weighted by Crippen LogP contribution is -2.26. The summed E-state index contributed by atoms with van der Waals surface area (Å²) in [6.07, 6.45) is 5.03. The lowest BCUT2D eigenvalue weighted by molar-refractivity contribution is -0.149. The van der Waals surface area contributed by atoms with E-state index in [1.165, 1.54) is 7.11 Å². The minimum absolute atomic E-state index is 0. The second-order valence-corrected chi connectivity index (χ2v) is 19.7. The molecule has 12 heteroatoms. The first kappa shape index (κ1) is 54.2. The number of carbonyl (C=O) groups excluding carboxylic acids is 2. The minimum atomic E-state index is -0.878. The number of fused-ring (bicyclic) bond motifs is 2. The van der Waals surface area contributed by atoms with E-state index in [4.69, 9.17) is 33.7 Å². The highest BCUT2D eigenvalue weighted by atomic mass is 27.2. The van der Waals surface area contributed by atoms with Crippen molar-refractivity contribution >= 4 is 48.2 Å². The van der Waals surface area contributed by atoms with Crippen LogP contribution in [0.5, 0.6) is 11.5 Å². The third-order valence-corrected chi connectivity index (χ3v) is 11.3. The standard InChI is InChI=1S/C28H29NO4.C27H28N2O3.CH4.2CH3.Al.H2N/c1-4-12-21-18-23-24(19-14-8-6-9-15-19)29-33-27(23)22(13-5-2)25(21)32-26(28(30)31-3)20-16-10-7-11-17-20;1-3-11-20-17-22-23(18-13-7-5-8-14-18)29-32-26(22)21(12-4-2)24(20)31-25(27(28)30)19-15-9-6-10-16-19;;;;;/h6-11,14-18,26H,4-5,12-13H2,1-3H3;5-10,13-17,25H,3-4,11-12H2,1-2H3,(H2,28,30);1H4;2*1H3;;1H2/q;;;;;+1;-1. The van der Waals surface area contributed by atoms with Crippen molar-refractivity contribution in [3.8, 4) is 34.0 Å². The van der Waals surface area contributed by atoms with Gasteiger partial charge in [0, 0.05) is 33.4 Å². The average Bonchev–Trinajstić information content (AvgIpc) is 3.99. The number of rotatable bonds is 18. The number of aromatic nitrogens is 2. The van der Waals surface area contributed by atoms with Crippen molar-refractivity contribution in [2.24, 2.45) is 10.5 Å². The summed E-state index contributed by atoms with van der Waals surface area (Å²) in [6.45, 7) is 8.49. The van der Waals surface area contributed by atoms with Gasteiger partial charge in [-0.2, -0.15) is 0 Å². The number of hydrogen-bond acceptors (Lipinski definition) is 10. The molecule has 70 heavy (non-hydrogen) atoms. The number of amides is 1. The maximum atomic E-state index is 12.7. The van der Waals surface area contributed by atoms with Gasteiger partial charge in [-0.3, -0.25) is 4.79 Å². The van der Waals surface area contributed by atoms with Crippen molar-refractivity contribution in [2.45, 2.75) is 110 Å². The van der Waals surface area contributed by atoms with Crippen LogP contribution in [0.2, 0.25) is 11.6 Å². The van der Waals surface area contributed by atoms with E-state index in [9.17, 15) is 9.59 Å². The summed E-state index contributed by atoms with van der Waals surface area (Å²) in [5.41, 5.74) is 16.2.